The van der Waals surface area contributed by atoms with Gasteiger partial charge >= 0.3 is 5.97 Å². The van der Waals surface area contributed by atoms with Crippen LogP contribution >= 0.6 is 0 Å². The van der Waals surface area contributed by atoms with Crippen molar-refractivity contribution in [3.8, 4) is 23.0 Å². The van der Waals surface area contributed by atoms with E-state index >= 15 is 0 Å². The summed E-state index contributed by atoms with van der Waals surface area (Å²) in [5.74, 6) is 1.05. The van der Waals surface area contributed by atoms with Crippen molar-refractivity contribution in [1.82, 2.24) is 0 Å². The van der Waals surface area contributed by atoms with Crippen molar-refractivity contribution in [2.24, 2.45) is 0 Å². The van der Waals surface area contributed by atoms with Crippen LogP contribution in [0, 0.1) is 0 Å². The Hall–Kier alpha value is -2.89. The molecule has 1 N–H and O–H groups in total. The smallest absolute Gasteiger partial charge is 0.342 e. The summed E-state index contributed by atoms with van der Waals surface area (Å²) in [6.45, 7) is 0. The summed E-state index contributed by atoms with van der Waals surface area (Å²) in [6, 6.07) is 8.51. The van der Waals surface area contributed by atoms with Gasteiger partial charge in [-0.2, -0.15) is 0 Å². The first kappa shape index (κ1) is 16.0. The van der Waals surface area contributed by atoms with Crippen LogP contribution in [-0.2, 0) is 11.2 Å². The van der Waals surface area contributed by atoms with Crippen molar-refractivity contribution in [3.63, 3.8) is 0 Å². The Kier molecular flexibility index (Phi) is 4.20. The average molecular weight is 330 g/mol. The average Bonchev–Trinajstić information content (AvgIpc) is 2.92. The Morgan fingerprint density at radius 1 is 1.04 bits per heavy atom. The zero-order chi connectivity index (χ0) is 17.3. The first-order valence-corrected chi connectivity index (χ1v) is 7.40. The second kappa shape index (κ2) is 6.31. The number of rotatable bonds is 5. The number of benzene rings is 2. The normalized spacial score (nSPS) is 15.6. The summed E-state index contributed by atoms with van der Waals surface area (Å²) < 4.78 is 21.1. The molecule has 0 radical (unpaired) electrons. The highest BCUT2D eigenvalue weighted by atomic mass is 16.6. The van der Waals surface area contributed by atoms with Gasteiger partial charge in [0.25, 0.3) is 0 Å². The van der Waals surface area contributed by atoms with Gasteiger partial charge in [0.2, 0.25) is 0 Å². The molecular weight excluding hydrogens is 312 g/mol. The molecule has 0 saturated carbocycles. The van der Waals surface area contributed by atoms with Gasteiger partial charge in [-0.25, -0.2) is 4.79 Å². The fourth-order valence-electron chi connectivity index (χ4n) is 2.88. The molecule has 6 nitrogen and oxygen atoms in total. The zero-order valence-corrected chi connectivity index (χ0v) is 13.7. The second-order valence-corrected chi connectivity index (χ2v) is 5.36. The number of aromatic hydroxyl groups is 1. The molecule has 24 heavy (non-hydrogen) atoms. The molecule has 1 aliphatic rings. The van der Waals surface area contributed by atoms with E-state index in [1.807, 2.05) is 6.07 Å². The number of phenolic OH excluding ortho intramolecular Hbond substituents is 1. The molecular formula is C18H18O6. The number of carbonyl (C=O) groups excluding carboxylic acids is 1. The molecule has 0 fully saturated rings. The third kappa shape index (κ3) is 2.60. The number of phenols is 1. The second-order valence-electron chi connectivity index (χ2n) is 5.36. The monoisotopic (exact) mass is 330 g/mol. The molecule has 1 heterocycles. The minimum absolute atomic E-state index is 0.0556. The van der Waals surface area contributed by atoms with E-state index in [4.69, 9.17) is 18.9 Å². The van der Waals surface area contributed by atoms with Crippen molar-refractivity contribution >= 4 is 5.97 Å². The SMILES string of the molecule is COc1cc(O)c(CC2OC(=O)c3c(OC)cccc32)cc1OC. The first-order valence-electron chi connectivity index (χ1n) is 7.40. The minimum Gasteiger partial charge on any atom is -0.508 e. The summed E-state index contributed by atoms with van der Waals surface area (Å²) >= 11 is 0. The fourth-order valence-corrected chi connectivity index (χ4v) is 2.88. The highest BCUT2D eigenvalue weighted by Gasteiger charge is 2.34. The number of esters is 1. The molecule has 0 spiro atoms. The van der Waals surface area contributed by atoms with Gasteiger partial charge < -0.3 is 24.1 Å². The molecule has 0 aromatic heterocycles. The van der Waals surface area contributed by atoms with Crippen LogP contribution in [0.4, 0.5) is 0 Å². The molecule has 2 aromatic carbocycles. The van der Waals surface area contributed by atoms with Gasteiger partial charge in [-0.1, -0.05) is 12.1 Å². The van der Waals surface area contributed by atoms with E-state index in [1.165, 1.54) is 27.4 Å². The van der Waals surface area contributed by atoms with Gasteiger partial charge in [0, 0.05) is 23.6 Å². The molecule has 6 heteroatoms. The highest BCUT2D eigenvalue weighted by Crippen LogP contribution is 2.41. The van der Waals surface area contributed by atoms with Crippen molar-refractivity contribution in [2.75, 3.05) is 21.3 Å². The highest BCUT2D eigenvalue weighted by molar-refractivity contribution is 5.97. The molecule has 2 aromatic rings. The van der Waals surface area contributed by atoms with E-state index < -0.39 is 12.1 Å². The predicted molar refractivity (Wildman–Crippen MR) is 86.1 cm³/mol. The van der Waals surface area contributed by atoms with E-state index in [0.29, 0.717) is 34.8 Å². The molecule has 1 aliphatic heterocycles. The van der Waals surface area contributed by atoms with Crippen LogP contribution in [0.15, 0.2) is 30.3 Å². The Labute approximate surface area is 139 Å². The summed E-state index contributed by atoms with van der Waals surface area (Å²) in [6.07, 6.45) is -0.176. The summed E-state index contributed by atoms with van der Waals surface area (Å²) in [5.41, 5.74) is 1.78. The molecule has 1 unspecified atom stereocenters. The van der Waals surface area contributed by atoms with Gasteiger partial charge in [-0.15, -0.1) is 0 Å². The first-order chi connectivity index (χ1) is 11.6. The molecule has 0 aliphatic carbocycles. The van der Waals surface area contributed by atoms with Gasteiger partial charge in [-0.05, 0) is 12.1 Å². The Morgan fingerprint density at radius 2 is 1.71 bits per heavy atom. The number of hydrogen-bond acceptors (Lipinski definition) is 6. The Bertz CT molecular complexity index is 783. The van der Waals surface area contributed by atoms with E-state index in [0.717, 1.165) is 5.56 Å². The van der Waals surface area contributed by atoms with Crippen molar-refractivity contribution in [2.45, 2.75) is 12.5 Å². The van der Waals surface area contributed by atoms with Crippen LogP contribution in [0.2, 0.25) is 0 Å². The van der Waals surface area contributed by atoms with Gasteiger partial charge in [0.05, 0.1) is 21.3 Å². The fraction of sp³-hybridized carbons (Fsp3) is 0.278. The maximum Gasteiger partial charge on any atom is 0.342 e. The van der Waals surface area contributed by atoms with E-state index in [9.17, 15) is 9.90 Å². The quantitative estimate of drug-likeness (QED) is 0.850. The standard InChI is InChI=1S/C18H18O6/c1-21-13-6-4-5-11-14(24-18(20)17(11)13)7-10-8-15(22-2)16(23-3)9-12(10)19/h4-6,8-9,14,19H,7H2,1-3H3. The molecule has 1 atom stereocenters. The Morgan fingerprint density at radius 3 is 2.38 bits per heavy atom. The summed E-state index contributed by atoms with van der Waals surface area (Å²) in [5, 5.41) is 10.2. The van der Waals surface area contributed by atoms with Crippen LogP contribution in [0.3, 0.4) is 0 Å². The molecule has 126 valence electrons. The van der Waals surface area contributed by atoms with Gasteiger partial charge in [0.15, 0.2) is 11.5 Å². The number of fused-ring (bicyclic) bond motifs is 1. The van der Waals surface area contributed by atoms with Crippen molar-refractivity contribution in [1.29, 1.82) is 0 Å². The lowest BCUT2D eigenvalue weighted by Gasteiger charge is -2.15. The van der Waals surface area contributed by atoms with E-state index in [1.54, 1.807) is 18.2 Å². The van der Waals surface area contributed by atoms with Crippen molar-refractivity contribution < 1.29 is 28.8 Å². The van der Waals surface area contributed by atoms with E-state index in [2.05, 4.69) is 0 Å². The maximum absolute atomic E-state index is 12.1. The summed E-state index contributed by atoms with van der Waals surface area (Å²) in [7, 11) is 4.53. The third-order valence-corrected chi connectivity index (χ3v) is 4.07. The number of hydrogen-bond donors (Lipinski definition) is 1. The lowest BCUT2D eigenvalue weighted by molar-refractivity contribution is 0.0384. The topological polar surface area (TPSA) is 74.2 Å². The zero-order valence-electron chi connectivity index (χ0n) is 13.7. The van der Waals surface area contributed by atoms with E-state index in [-0.39, 0.29) is 5.75 Å². The number of methoxy groups -OCH3 is 3. The van der Waals surface area contributed by atoms with Crippen LogP contribution in [0.5, 0.6) is 23.0 Å². The van der Waals surface area contributed by atoms with Gasteiger partial charge in [0.1, 0.15) is 23.2 Å². The molecule has 3 rings (SSSR count). The molecule has 0 amide bonds. The van der Waals surface area contributed by atoms with Crippen LogP contribution in [0.1, 0.15) is 27.6 Å². The lowest BCUT2D eigenvalue weighted by Crippen LogP contribution is -2.03. The van der Waals surface area contributed by atoms with Crippen LogP contribution in [0.25, 0.3) is 0 Å². The number of ether oxygens (including phenoxy) is 4. The van der Waals surface area contributed by atoms with Crippen LogP contribution < -0.4 is 14.2 Å². The largest absolute Gasteiger partial charge is 0.508 e. The van der Waals surface area contributed by atoms with Crippen molar-refractivity contribution in [3.05, 3.63) is 47.0 Å². The minimum atomic E-state index is -0.494. The number of carbonyl (C=O) groups is 1. The summed E-state index contributed by atoms with van der Waals surface area (Å²) in [4.78, 5) is 12.1. The van der Waals surface area contributed by atoms with Crippen LogP contribution in [-0.4, -0.2) is 32.4 Å². The number of cyclic esters (lactones) is 1. The Balaban J connectivity index is 1.96. The molecule has 0 saturated heterocycles. The predicted octanol–water partition coefficient (Wildman–Crippen LogP) is 2.87. The maximum atomic E-state index is 12.1. The third-order valence-electron chi connectivity index (χ3n) is 4.07. The lowest BCUT2D eigenvalue weighted by atomic mass is 9.98. The van der Waals surface area contributed by atoms with Gasteiger partial charge in [-0.3, -0.25) is 0 Å². The molecule has 0 bridgehead atoms.